The number of nitrogens with one attached hydrogen (secondary N) is 2. The fourth-order valence-corrected chi connectivity index (χ4v) is 2.35. The number of anilines is 2. The highest BCUT2D eigenvalue weighted by Crippen LogP contribution is 2.17. The third-order valence-corrected chi connectivity index (χ3v) is 4.14. The van der Waals surface area contributed by atoms with Crippen LogP contribution in [0.4, 0.5) is 11.4 Å². The highest BCUT2D eigenvalue weighted by atomic mass is 35.5. The average molecular weight is 315 g/mol. The van der Waals surface area contributed by atoms with Crippen LogP contribution < -0.4 is 10.0 Å². The Morgan fingerprint density at radius 3 is 2.30 bits per heavy atom. The van der Waals surface area contributed by atoms with Gasteiger partial charge in [0, 0.05) is 11.4 Å². The Morgan fingerprint density at radius 1 is 1.10 bits per heavy atom. The van der Waals surface area contributed by atoms with Crippen LogP contribution in [0.2, 0.25) is 5.22 Å². The molecular weight excluding hydrogens is 300 g/mol. The smallest absolute Gasteiger partial charge is 0.232 e. The standard InChI is InChI=1S/C13H15ClN2O3S/c1-2-20(17,18)16-11-5-3-10(4-6-11)15-9-12-7-8-13(14)19-12/h3-8,15-16H,2,9H2,1H3. The molecule has 2 aromatic rings. The molecule has 0 unspecified atom stereocenters. The van der Waals surface area contributed by atoms with Gasteiger partial charge in [0.25, 0.3) is 0 Å². The van der Waals surface area contributed by atoms with Gasteiger partial charge in [-0.15, -0.1) is 0 Å². The normalized spacial score (nSPS) is 11.3. The molecule has 0 saturated carbocycles. The third-order valence-electron chi connectivity index (χ3n) is 2.63. The minimum Gasteiger partial charge on any atom is -0.448 e. The molecular formula is C13H15ClN2O3S. The van der Waals surface area contributed by atoms with E-state index < -0.39 is 10.0 Å². The van der Waals surface area contributed by atoms with Crippen molar-refractivity contribution in [3.05, 3.63) is 47.4 Å². The van der Waals surface area contributed by atoms with Gasteiger partial charge < -0.3 is 9.73 Å². The summed E-state index contributed by atoms with van der Waals surface area (Å²) in [7, 11) is -3.24. The van der Waals surface area contributed by atoms with Gasteiger partial charge in [0.1, 0.15) is 5.76 Å². The lowest BCUT2D eigenvalue weighted by Gasteiger charge is -2.08. The van der Waals surface area contributed by atoms with Crippen LogP contribution in [0.1, 0.15) is 12.7 Å². The van der Waals surface area contributed by atoms with Gasteiger partial charge >= 0.3 is 0 Å². The molecule has 0 amide bonds. The summed E-state index contributed by atoms with van der Waals surface area (Å²) in [6.45, 7) is 2.10. The molecule has 0 atom stereocenters. The summed E-state index contributed by atoms with van der Waals surface area (Å²) < 4.78 is 30.5. The predicted octanol–water partition coefficient (Wildman–Crippen LogP) is 3.31. The van der Waals surface area contributed by atoms with Crippen LogP contribution in [0.15, 0.2) is 40.8 Å². The molecule has 0 bridgehead atoms. The molecule has 108 valence electrons. The zero-order chi connectivity index (χ0) is 14.6. The molecule has 2 N–H and O–H groups in total. The number of furan rings is 1. The van der Waals surface area contributed by atoms with Crippen LogP contribution in [0.5, 0.6) is 0 Å². The van der Waals surface area contributed by atoms with E-state index in [2.05, 4.69) is 10.0 Å². The number of rotatable bonds is 6. The van der Waals surface area contributed by atoms with E-state index >= 15 is 0 Å². The molecule has 1 heterocycles. The lowest BCUT2D eigenvalue weighted by Crippen LogP contribution is -2.14. The molecule has 5 nitrogen and oxygen atoms in total. The van der Waals surface area contributed by atoms with E-state index in [1.807, 2.05) is 0 Å². The Labute approximate surface area is 123 Å². The topological polar surface area (TPSA) is 71.3 Å². The second kappa shape index (κ2) is 6.19. The molecule has 1 aromatic heterocycles. The van der Waals surface area contributed by atoms with Crippen molar-refractivity contribution in [2.75, 3.05) is 15.8 Å². The lowest BCUT2D eigenvalue weighted by molar-refractivity contribution is 0.520. The summed E-state index contributed by atoms with van der Waals surface area (Å²) in [5.74, 6) is 0.775. The Hall–Kier alpha value is -1.66. The highest BCUT2D eigenvalue weighted by molar-refractivity contribution is 7.92. The van der Waals surface area contributed by atoms with Crippen molar-refractivity contribution < 1.29 is 12.8 Å². The molecule has 0 saturated heterocycles. The lowest BCUT2D eigenvalue weighted by atomic mass is 10.3. The van der Waals surface area contributed by atoms with E-state index in [1.165, 1.54) is 0 Å². The van der Waals surface area contributed by atoms with Gasteiger partial charge in [0.2, 0.25) is 10.0 Å². The molecule has 0 aliphatic heterocycles. The maximum atomic E-state index is 11.4. The van der Waals surface area contributed by atoms with Gasteiger partial charge in [-0.05, 0) is 54.9 Å². The number of sulfonamides is 1. The maximum absolute atomic E-state index is 11.4. The Balaban J connectivity index is 1.94. The van der Waals surface area contributed by atoms with Gasteiger partial charge in [-0.3, -0.25) is 4.72 Å². The second-order valence-electron chi connectivity index (χ2n) is 4.14. The Morgan fingerprint density at radius 2 is 1.75 bits per heavy atom. The molecule has 7 heteroatoms. The van der Waals surface area contributed by atoms with E-state index in [0.717, 1.165) is 11.4 Å². The Bertz CT molecular complexity index is 665. The van der Waals surface area contributed by atoms with Gasteiger partial charge in [-0.25, -0.2) is 8.42 Å². The van der Waals surface area contributed by atoms with Crippen LogP contribution >= 0.6 is 11.6 Å². The first-order chi connectivity index (χ1) is 9.48. The van der Waals surface area contributed by atoms with Gasteiger partial charge in [0.05, 0.1) is 12.3 Å². The first-order valence-corrected chi connectivity index (χ1v) is 8.10. The number of halogens is 1. The Kier molecular flexibility index (Phi) is 4.57. The molecule has 0 radical (unpaired) electrons. The number of benzene rings is 1. The van der Waals surface area contributed by atoms with E-state index in [0.29, 0.717) is 17.5 Å². The van der Waals surface area contributed by atoms with E-state index in [-0.39, 0.29) is 5.75 Å². The molecule has 0 aliphatic rings. The molecule has 0 spiro atoms. The first kappa shape index (κ1) is 14.7. The quantitative estimate of drug-likeness (QED) is 0.858. The van der Waals surface area contributed by atoms with E-state index in [9.17, 15) is 8.42 Å². The van der Waals surface area contributed by atoms with Crippen LogP contribution in [-0.2, 0) is 16.6 Å². The minimum atomic E-state index is -3.24. The summed E-state index contributed by atoms with van der Waals surface area (Å²) in [4.78, 5) is 0. The van der Waals surface area contributed by atoms with Crippen molar-refractivity contribution in [1.29, 1.82) is 0 Å². The molecule has 2 rings (SSSR count). The summed E-state index contributed by atoms with van der Waals surface area (Å²) in [5, 5.41) is 3.50. The second-order valence-corrected chi connectivity index (χ2v) is 6.53. The fraction of sp³-hybridized carbons (Fsp3) is 0.231. The van der Waals surface area contributed by atoms with Crippen LogP contribution in [0, 0.1) is 0 Å². The van der Waals surface area contributed by atoms with E-state index in [1.54, 1.807) is 43.3 Å². The first-order valence-electron chi connectivity index (χ1n) is 6.07. The fourth-order valence-electron chi connectivity index (χ4n) is 1.54. The van der Waals surface area contributed by atoms with Crippen LogP contribution in [0.3, 0.4) is 0 Å². The SMILES string of the molecule is CCS(=O)(=O)Nc1ccc(NCc2ccc(Cl)o2)cc1. The van der Waals surface area contributed by atoms with Crippen molar-refractivity contribution in [1.82, 2.24) is 0 Å². The third kappa shape index (κ3) is 4.18. The van der Waals surface area contributed by atoms with Crippen molar-refractivity contribution in [3.63, 3.8) is 0 Å². The van der Waals surface area contributed by atoms with Crippen LogP contribution in [-0.4, -0.2) is 14.2 Å². The van der Waals surface area contributed by atoms with Crippen molar-refractivity contribution in [2.24, 2.45) is 0 Å². The zero-order valence-corrected chi connectivity index (χ0v) is 12.5. The molecule has 20 heavy (non-hydrogen) atoms. The monoisotopic (exact) mass is 314 g/mol. The number of hydrogen-bond acceptors (Lipinski definition) is 4. The summed E-state index contributed by atoms with van der Waals surface area (Å²) in [6, 6.07) is 10.5. The maximum Gasteiger partial charge on any atom is 0.232 e. The van der Waals surface area contributed by atoms with Crippen LogP contribution in [0.25, 0.3) is 0 Å². The largest absolute Gasteiger partial charge is 0.448 e. The van der Waals surface area contributed by atoms with Crippen molar-refractivity contribution in [2.45, 2.75) is 13.5 Å². The molecule has 0 fully saturated rings. The molecule has 0 aliphatic carbocycles. The minimum absolute atomic E-state index is 0.0479. The highest BCUT2D eigenvalue weighted by Gasteiger charge is 2.06. The average Bonchev–Trinajstić information content (AvgIpc) is 2.83. The zero-order valence-electron chi connectivity index (χ0n) is 10.9. The van der Waals surface area contributed by atoms with Gasteiger partial charge in [-0.2, -0.15) is 0 Å². The molecule has 1 aromatic carbocycles. The van der Waals surface area contributed by atoms with Gasteiger partial charge in [-0.1, -0.05) is 0 Å². The van der Waals surface area contributed by atoms with Crippen molar-refractivity contribution in [3.8, 4) is 0 Å². The summed E-state index contributed by atoms with van der Waals surface area (Å²) in [6.07, 6.45) is 0. The number of hydrogen-bond donors (Lipinski definition) is 2. The van der Waals surface area contributed by atoms with E-state index in [4.69, 9.17) is 16.0 Å². The summed E-state index contributed by atoms with van der Waals surface area (Å²) >= 11 is 5.68. The summed E-state index contributed by atoms with van der Waals surface area (Å²) in [5.41, 5.74) is 1.40. The van der Waals surface area contributed by atoms with Crippen molar-refractivity contribution >= 4 is 33.0 Å². The predicted molar refractivity (Wildman–Crippen MR) is 80.6 cm³/mol. The van der Waals surface area contributed by atoms with Gasteiger partial charge in [0.15, 0.2) is 5.22 Å².